The highest BCUT2D eigenvalue weighted by molar-refractivity contribution is 7.16. The Bertz CT molecular complexity index is 1010. The van der Waals surface area contributed by atoms with Crippen molar-refractivity contribution >= 4 is 27.5 Å². The Morgan fingerprint density at radius 2 is 1.79 bits per heavy atom. The maximum Gasteiger partial charge on any atom is 0.279 e. The van der Waals surface area contributed by atoms with Crippen molar-refractivity contribution in [1.82, 2.24) is 4.57 Å². The van der Waals surface area contributed by atoms with E-state index in [1.807, 2.05) is 32.0 Å². The van der Waals surface area contributed by atoms with Crippen LogP contribution in [0.5, 0.6) is 0 Å². The Balaban J connectivity index is 2.21. The first-order chi connectivity index (χ1) is 11.4. The number of carbonyl (C=O) groups excluding carboxylic acids is 1. The molecule has 1 aromatic heterocycles. The van der Waals surface area contributed by atoms with Gasteiger partial charge in [-0.3, -0.25) is 4.79 Å². The standard InChI is InChI=1S/C20H22N2OS/c1-6-22-17-11-13(3)9-15(5)18(17)24-20(22)21-19(23)16-10-12(2)7-8-14(16)4/h7-11H,6H2,1-5H3. The van der Waals surface area contributed by atoms with Crippen LogP contribution in [-0.2, 0) is 6.54 Å². The molecule has 1 amide bonds. The van der Waals surface area contributed by atoms with Crippen molar-refractivity contribution in [2.75, 3.05) is 0 Å². The molecule has 0 aliphatic carbocycles. The van der Waals surface area contributed by atoms with Gasteiger partial charge in [-0.2, -0.15) is 4.99 Å². The number of nitrogens with zero attached hydrogens (tertiary/aromatic N) is 2. The van der Waals surface area contributed by atoms with Crippen molar-refractivity contribution in [2.45, 2.75) is 41.2 Å². The van der Waals surface area contributed by atoms with E-state index in [1.165, 1.54) is 15.8 Å². The van der Waals surface area contributed by atoms with Gasteiger partial charge < -0.3 is 4.57 Å². The molecule has 3 rings (SSSR count). The molecule has 2 aromatic carbocycles. The highest BCUT2D eigenvalue weighted by Gasteiger charge is 2.12. The topological polar surface area (TPSA) is 34.4 Å². The summed E-state index contributed by atoms with van der Waals surface area (Å²) in [6, 6.07) is 10.3. The van der Waals surface area contributed by atoms with Gasteiger partial charge in [0.1, 0.15) is 0 Å². The van der Waals surface area contributed by atoms with Crippen LogP contribution >= 0.6 is 11.3 Å². The van der Waals surface area contributed by atoms with Crippen LogP contribution in [0.3, 0.4) is 0 Å². The molecule has 124 valence electrons. The lowest BCUT2D eigenvalue weighted by Crippen LogP contribution is -2.16. The largest absolute Gasteiger partial charge is 0.317 e. The fourth-order valence-corrected chi connectivity index (χ4v) is 4.16. The van der Waals surface area contributed by atoms with Gasteiger partial charge in [0.2, 0.25) is 0 Å². The summed E-state index contributed by atoms with van der Waals surface area (Å²) < 4.78 is 3.33. The molecule has 24 heavy (non-hydrogen) atoms. The van der Waals surface area contributed by atoms with Crippen LogP contribution in [0.25, 0.3) is 10.2 Å². The first-order valence-electron chi connectivity index (χ1n) is 8.17. The molecule has 3 nitrogen and oxygen atoms in total. The number of rotatable bonds is 2. The Morgan fingerprint density at radius 1 is 1.04 bits per heavy atom. The lowest BCUT2D eigenvalue weighted by Gasteiger charge is -2.04. The van der Waals surface area contributed by atoms with Gasteiger partial charge in [-0.1, -0.05) is 35.1 Å². The average molecular weight is 338 g/mol. The molecule has 3 aromatic rings. The fourth-order valence-electron chi connectivity index (χ4n) is 3.02. The minimum atomic E-state index is -0.167. The van der Waals surface area contributed by atoms with E-state index < -0.39 is 0 Å². The van der Waals surface area contributed by atoms with Crippen molar-refractivity contribution in [3.8, 4) is 0 Å². The van der Waals surface area contributed by atoms with E-state index in [2.05, 4.69) is 42.5 Å². The zero-order valence-electron chi connectivity index (χ0n) is 14.8. The zero-order chi connectivity index (χ0) is 17.4. The van der Waals surface area contributed by atoms with Crippen molar-refractivity contribution in [2.24, 2.45) is 4.99 Å². The Labute approximate surface area is 146 Å². The Hall–Kier alpha value is -2.20. The van der Waals surface area contributed by atoms with Gasteiger partial charge >= 0.3 is 0 Å². The van der Waals surface area contributed by atoms with Gasteiger partial charge in [-0.25, -0.2) is 0 Å². The minimum absolute atomic E-state index is 0.167. The third-order valence-corrected chi connectivity index (χ3v) is 5.48. The molecule has 0 fully saturated rings. The average Bonchev–Trinajstić information content (AvgIpc) is 2.87. The van der Waals surface area contributed by atoms with Crippen LogP contribution in [0.15, 0.2) is 35.3 Å². The number of thiazole rings is 1. The van der Waals surface area contributed by atoms with Crippen molar-refractivity contribution in [3.05, 3.63) is 63.0 Å². The molecule has 0 atom stereocenters. The second-order valence-electron chi connectivity index (χ2n) is 6.29. The maximum absolute atomic E-state index is 12.7. The van der Waals surface area contributed by atoms with Crippen molar-refractivity contribution in [3.63, 3.8) is 0 Å². The van der Waals surface area contributed by atoms with Crippen LogP contribution in [0, 0.1) is 27.7 Å². The molecule has 0 bridgehead atoms. The summed E-state index contributed by atoms with van der Waals surface area (Å²) in [5, 5.41) is 0. The van der Waals surface area contributed by atoms with Gasteiger partial charge in [0.05, 0.1) is 10.2 Å². The normalized spacial score (nSPS) is 12.1. The minimum Gasteiger partial charge on any atom is -0.317 e. The number of benzene rings is 2. The molecule has 0 radical (unpaired) electrons. The van der Waals surface area contributed by atoms with Gasteiger partial charge in [0, 0.05) is 12.1 Å². The molecule has 0 saturated carbocycles. The third-order valence-electron chi connectivity index (χ3n) is 4.25. The predicted molar refractivity (Wildman–Crippen MR) is 101 cm³/mol. The quantitative estimate of drug-likeness (QED) is 0.667. The summed E-state index contributed by atoms with van der Waals surface area (Å²) in [7, 11) is 0. The van der Waals surface area contributed by atoms with Crippen molar-refractivity contribution in [1.29, 1.82) is 0 Å². The van der Waals surface area contributed by atoms with Crippen molar-refractivity contribution < 1.29 is 4.79 Å². The first-order valence-corrected chi connectivity index (χ1v) is 8.99. The lowest BCUT2D eigenvalue weighted by molar-refractivity contribution is 0.0997. The number of fused-ring (bicyclic) bond motifs is 1. The Morgan fingerprint density at radius 3 is 2.50 bits per heavy atom. The highest BCUT2D eigenvalue weighted by Crippen LogP contribution is 2.23. The second-order valence-corrected chi connectivity index (χ2v) is 7.27. The van der Waals surface area contributed by atoms with E-state index in [-0.39, 0.29) is 5.91 Å². The summed E-state index contributed by atoms with van der Waals surface area (Å²) >= 11 is 1.59. The number of aromatic nitrogens is 1. The molecule has 1 heterocycles. The molecule has 0 spiro atoms. The summed E-state index contributed by atoms with van der Waals surface area (Å²) in [5.74, 6) is -0.167. The van der Waals surface area contributed by atoms with Crippen LogP contribution in [0.1, 0.15) is 39.5 Å². The number of carbonyl (C=O) groups is 1. The summed E-state index contributed by atoms with van der Waals surface area (Å²) in [6.45, 7) is 11.0. The van der Waals surface area contributed by atoms with E-state index in [9.17, 15) is 4.79 Å². The van der Waals surface area contributed by atoms with Crippen LogP contribution in [0.2, 0.25) is 0 Å². The number of hydrogen-bond donors (Lipinski definition) is 0. The summed E-state index contributed by atoms with van der Waals surface area (Å²) in [5.41, 5.74) is 6.34. The molecule has 4 heteroatoms. The SMILES string of the molecule is CCn1c(=NC(=O)c2cc(C)ccc2C)sc2c(C)cc(C)cc21. The van der Waals surface area contributed by atoms with Crippen LogP contribution < -0.4 is 4.80 Å². The van der Waals surface area contributed by atoms with E-state index in [1.54, 1.807) is 11.3 Å². The molecular weight excluding hydrogens is 316 g/mol. The molecule has 0 saturated heterocycles. The second kappa shape index (κ2) is 6.36. The molecular formula is C20H22N2OS. The highest BCUT2D eigenvalue weighted by atomic mass is 32.1. The van der Waals surface area contributed by atoms with E-state index >= 15 is 0 Å². The number of hydrogen-bond acceptors (Lipinski definition) is 2. The first kappa shape index (κ1) is 16.7. The third kappa shape index (κ3) is 2.94. The van der Waals surface area contributed by atoms with E-state index in [0.717, 1.165) is 28.0 Å². The van der Waals surface area contributed by atoms with Gasteiger partial charge in [-0.05, 0) is 63.4 Å². The monoisotopic (exact) mass is 338 g/mol. The number of aryl methyl sites for hydroxylation is 5. The Kier molecular flexibility index (Phi) is 4.41. The van der Waals surface area contributed by atoms with Gasteiger partial charge in [-0.15, -0.1) is 0 Å². The zero-order valence-corrected chi connectivity index (χ0v) is 15.6. The summed E-state index contributed by atoms with van der Waals surface area (Å²) in [4.78, 5) is 17.9. The predicted octanol–water partition coefficient (Wildman–Crippen LogP) is 4.70. The molecule has 0 aliphatic heterocycles. The molecule has 0 aliphatic rings. The van der Waals surface area contributed by atoms with Gasteiger partial charge in [0.15, 0.2) is 4.80 Å². The van der Waals surface area contributed by atoms with Crippen LogP contribution in [-0.4, -0.2) is 10.5 Å². The van der Waals surface area contributed by atoms with Gasteiger partial charge in [0.25, 0.3) is 5.91 Å². The number of amides is 1. The van der Waals surface area contributed by atoms with E-state index in [0.29, 0.717) is 5.56 Å². The fraction of sp³-hybridized carbons (Fsp3) is 0.300. The van der Waals surface area contributed by atoms with E-state index in [4.69, 9.17) is 0 Å². The lowest BCUT2D eigenvalue weighted by atomic mass is 10.1. The maximum atomic E-state index is 12.7. The molecule has 0 unspecified atom stereocenters. The smallest absolute Gasteiger partial charge is 0.279 e. The molecule has 0 N–H and O–H groups in total. The van der Waals surface area contributed by atoms with Crippen LogP contribution in [0.4, 0.5) is 0 Å². The summed E-state index contributed by atoms with van der Waals surface area (Å²) in [6.07, 6.45) is 0.